The molecule has 0 spiro atoms. The summed E-state index contributed by atoms with van der Waals surface area (Å²) in [4.78, 5) is 15.1. The molecule has 9 heteroatoms. The molecule has 1 saturated heterocycles. The molecule has 0 aliphatic carbocycles. The van der Waals surface area contributed by atoms with Gasteiger partial charge in [-0.1, -0.05) is 0 Å². The van der Waals surface area contributed by atoms with Crippen LogP contribution in [-0.4, -0.2) is 36.4 Å². The van der Waals surface area contributed by atoms with E-state index in [0.717, 1.165) is 12.3 Å². The van der Waals surface area contributed by atoms with Crippen molar-refractivity contribution in [3.8, 4) is 0 Å². The van der Waals surface area contributed by atoms with Gasteiger partial charge in [0.05, 0.1) is 22.6 Å². The first-order valence-corrected chi connectivity index (χ1v) is 7.89. The number of hydrogen-bond donors (Lipinski definition) is 1. The molecule has 0 bridgehead atoms. The fourth-order valence-electron chi connectivity index (χ4n) is 2.15. The maximum absolute atomic E-state index is 12.4. The second-order valence-electron chi connectivity index (χ2n) is 5.29. The Hall–Kier alpha value is -1.64. The van der Waals surface area contributed by atoms with Gasteiger partial charge in [0.25, 0.3) is 5.91 Å². The average molecular weight is 322 g/mol. The Bertz CT molecular complexity index is 655. The molecule has 1 N–H and O–H groups in total. The second-order valence-corrected chi connectivity index (χ2v) is 7.47. The van der Waals surface area contributed by atoms with Crippen LogP contribution < -0.4 is 5.32 Å². The predicted octanol–water partition coefficient (Wildman–Crippen LogP) is 1.41. The molecule has 1 aromatic rings. The van der Waals surface area contributed by atoms with Crippen LogP contribution in [0.4, 0.5) is 13.2 Å². The van der Waals surface area contributed by atoms with E-state index in [-0.39, 0.29) is 23.5 Å². The Kier molecular flexibility index (Phi) is 3.73. The van der Waals surface area contributed by atoms with Gasteiger partial charge in [-0.3, -0.25) is 9.78 Å². The normalized spacial score (nSPS) is 24.8. The molecular weight excluding hydrogens is 309 g/mol. The monoisotopic (exact) mass is 322 g/mol. The van der Waals surface area contributed by atoms with Crippen LogP contribution in [0.15, 0.2) is 18.3 Å². The molecule has 0 aromatic carbocycles. The van der Waals surface area contributed by atoms with Gasteiger partial charge >= 0.3 is 6.18 Å². The molecule has 0 saturated carbocycles. The topological polar surface area (TPSA) is 76.1 Å². The average Bonchev–Trinajstić information content (AvgIpc) is 2.62. The summed E-state index contributed by atoms with van der Waals surface area (Å²) in [6.45, 7) is 1.59. The summed E-state index contributed by atoms with van der Waals surface area (Å²) < 4.78 is 60.0. The molecule has 1 atom stereocenters. The highest BCUT2D eigenvalue weighted by Gasteiger charge is 2.39. The quantitative estimate of drug-likeness (QED) is 0.893. The first kappa shape index (κ1) is 15.7. The molecule has 1 aliphatic heterocycles. The number of sulfone groups is 1. The lowest BCUT2D eigenvalue weighted by molar-refractivity contribution is -0.141. The number of rotatable bonds is 2. The maximum Gasteiger partial charge on any atom is 0.433 e. The Morgan fingerprint density at radius 3 is 2.48 bits per heavy atom. The van der Waals surface area contributed by atoms with E-state index >= 15 is 0 Å². The van der Waals surface area contributed by atoms with Gasteiger partial charge in [0, 0.05) is 6.20 Å². The van der Waals surface area contributed by atoms with Gasteiger partial charge in [0.2, 0.25) is 0 Å². The van der Waals surface area contributed by atoms with Gasteiger partial charge in [-0.05, 0) is 25.5 Å². The number of carbonyl (C=O) groups is 1. The molecule has 1 aromatic heterocycles. The second kappa shape index (κ2) is 4.97. The molecule has 21 heavy (non-hydrogen) atoms. The van der Waals surface area contributed by atoms with E-state index in [1.54, 1.807) is 6.92 Å². The van der Waals surface area contributed by atoms with E-state index in [1.807, 2.05) is 0 Å². The predicted molar refractivity (Wildman–Crippen MR) is 68.4 cm³/mol. The highest BCUT2D eigenvalue weighted by atomic mass is 32.2. The maximum atomic E-state index is 12.4. The number of halogens is 3. The first-order valence-electron chi connectivity index (χ1n) is 6.07. The van der Waals surface area contributed by atoms with Crippen molar-refractivity contribution in [2.75, 3.05) is 11.5 Å². The molecule has 116 valence electrons. The lowest BCUT2D eigenvalue weighted by atomic mass is 10.0. The van der Waals surface area contributed by atoms with Crippen molar-refractivity contribution < 1.29 is 26.4 Å². The summed E-state index contributed by atoms with van der Waals surface area (Å²) in [5, 5.41) is 2.55. The Balaban J connectivity index is 2.11. The molecule has 1 fully saturated rings. The number of amides is 1. The van der Waals surface area contributed by atoms with Crippen LogP contribution in [0.1, 0.15) is 29.4 Å². The molecule has 2 rings (SSSR count). The van der Waals surface area contributed by atoms with Crippen LogP contribution in [0.2, 0.25) is 0 Å². The highest BCUT2D eigenvalue weighted by molar-refractivity contribution is 7.91. The number of pyridine rings is 1. The number of hydrogen-bond acceptors (Lipinski definition) is 4. The van der Waals surface area contributed by atoms with E-state index < -0.39 is 33.2 Å². The van der Waals surface area contributed by atoms with Crippen molar-refractivity contribution >= 4 is 15.7 Å². The van der Waals surface area contributed by atoms with Crippen molar-refractivity contribution in [2.24, 2.45) is 0 Å². The molecule has 1 aliphatic rings. The van der Waals surface area contributed by atoms with Crippen LogP contribution in [0.3, 0.4) is 0 Å². The zero-order chi connectivity index (χ0) is 15.9. The molecule has 0 radical (unpaired) electrons. The third-order valence-corrected chi connectivity index (χ3v) is 5.14. The van der Waals surface area contributed by atoms with E-state index in [4.69, 9.17) is 0 Å². The van der Waals surface area contributed by atoms with Crippen LogP contribution in [0, 0.1) is 0 Å². The van der Waals surface area contributed by atoms with Gasteiger partial charge in [-0.2, -0.15) is 13.2 Å². The Morgan fingerprint density at radius 2 is 2.05 bits per heavy atom. The minimum absolute atomic E-state index is 0.0188. The Labute approximate surface area is 119 Å². The number of nitrogens with zero attached hydrogens (tertiary/aromatic N) is 1. The van der Waals surface area contributed by atoms with Crippen LogP contribution in [-0.2, 0) is 16.0 Å². The first-order chi connectivity index (χ1) is 9.51. The minimum atomic E-state index is -4.57. The van der Waals surface area contributed by atoms with Crippen molar-refractivity contribution in [1.82, 2.24) is 10.3 Å². The fourth-order valence-corrected chi connectivity index (χ4v) is 4.24. The summed E-state index contributed by atoms with van der Waals surface area (Å²) in [5.74, 6) is -0.842. The van der Waals surface area contributed by atoms with Crippen molar-refractivity contribution in [1.29, 1.82) is 0 Å². The minimum Gasteiger partial charge on any atom is -0.346 e. The van der Waals surface area contributed by atoms with Gasteiger partial charge in [-0.25, -0.2) is 8.42 Å². The van der Waals surface area contributed by atoms with E-state index in [0.29, 0.717) is 6.07 Å². The van der Waals surface area contributed by atoms with Crippen molar-refractivity contribution in [3.63, 3.8) is 0 Å². The molecule has 5 nitrogen and oxygen atoms in total. The van der Waals surface area contributed by atoms with Crippen molar-refractivity contribution in [2.45, 2.75) is 25.1 Å². The number of nitrogens with one attached hydrogen (secondary N) is 1. The van der Waals surface area contributed by atoms with Crippen LogP contribution >= 0.6 is 0 Å². The zero-order valence-corrected chi connectivity index (χ0v) is 11.9. The van der Waals surface area contributed by atoms with Gasteiger partial charge in [0.1, 0.15) is 5.69 Å². The third-order valence-electron chi connectivity index (χ3n) is 3.23. The summed E-state index contributed by atoms with van der Waals surface area (Å²) in [7, 11) is -3.19. The van der Waals surface area contributed by atoms with Crippen molar-refractivity contribution in [3.05, 3.63) is 29.6 Å². The third kappa shape index (κ3) is 3.72. The Morgan fingerprint density at radius 1 is 1.38 bits per heavy atom. The summed E-state index contributed by atoms with van der Waals surface area (Å²) >= 11 is 0. The van der Waals surface area contributed by atoms with Gasteiger partial charge in [0.15, 0.2) is 9.84 Å². The number of alkyl halides is 3. The highest BCUT2D eigenvalue weighted by Crippen LogP contribution is 2.27. The van der Waals surface area contributed by atoms with E-state index in [1.165, 1.54) is 0 Å². The number of carbonyl (C=O) groups excluding carboxylic acids is 1. The summed E-state index contributed by atoms with van der Waals surface area (Å²) in [5.41, 5.74) is -2.04. The van der Waals surface area contributed by atoms with E-state index in [2.05, 4.69) is 10.3 Å². The van der Waals surface area contributed by atoms with E-state index in [9.17, 15) is 26.4 Å². The van der Waals surface area contributed by atoms with Gasteiger partial charge < -0.3 is 5.32 Å². The molecular formula is C12H13F3N2O3S. The number of aromatic nitrogens is 1. The molecule has 2 heterocycles. The molecule has 1 unspecified atom stereocenters. The summed E-state index contributed by atoms with van der Waals surface area (Å²) in [6, 6.07) is 1.72. The lowest BCUT2D eigenvalue weighted by Crippen LogP contribution is -2.46. The summed E-state index contributed by atoms with van der Waals surface area (Å²) in [6.07, 6.45) is -3.47. The van der Waals surface area contributed by atoms with Gasteiger partial charge in [-0.15, -0.1) is 0 Å². The smallest absolute Gasteiger partial charge is 0.346 e. The SMILES string of the molecule is CC1(NC(=O)c2ccc(C(F)(F)F)nc2)CCS(=O)(=O)C1. The standard InChI is InChI=1S/C12H13F3N2O3S/c1-11(4-5-21(19,20)7-11)17-10(18)8-2-3-9(16-6-8)12(13,14)15/h2-3,6H,4-5,7H2,1H3,(H,17,18). The largest absolute Gasteiger partial charge is 0.433 e. The lowest BCUT2D eigenvalue weighted by Gasteiger charge is -2.23. The van der Waals surface area contributed by atoms with Crippen LogP contribution in [0.5, 0.6) is 0 Å². The molecule has 1 amide bonds. The zero-order valence-electron chi connectivity index (χ0n) is 11.1. The van der Waals surface area contributed by atoms with Crippen LogP contribution in [0.25, 0.3) is 0 Å². The fraction of sp³-hybridized carbons (Fsp3) is 0.500.